The number of ether oxygens (including phenoxy) is 2. The molecule has 1 aliphatic heterocycles. The molecule has 0 bridgehead atoms. The normalized spacial score (nSPS) is 15.9. The number of hydrogen-bond acceptors (Lipinski definition) is 5. The number of carbonyl (C=O) groups excluding carboxylic acids is 1. The Labute approximate surface area is 184 Å². The summed E-state index contributed by atoms with van der Waals surface area (Å²) in [6.45, 7) is 6.27. The molecule has 0 saturated carbocycles. The maximum atomic E-state index is 12.7. The van der Waals surface area contributed by atoms with E-state index in [-0.39, 0.29) is 18.6 Å². The van der Waals surface area contributed by atoms with E-state index in [2.05, 4.69) is 5.32 Å². The summed E-state index contributed by atoms with van der Waals surface area (Å²) in [5.41, 5.74) is 2.52. The van der Waals surface area contributed by atoms with Crippen LogP contribution in [0.3, 0.4) is 0 Å². The molecule has 1 N–H and O–H groups in total. The van der Waals surface area contributed by atoms with Crippen molar-refractivity contribution in [3.8, 4) is 11.5 Å². The molecule has 168 valence electrons. The molecule has 1 atom stereocenters. The molecule has 0 unspecified atom stereocenters. The molecule has 1 heterocycles. The highest BCUT2D eigenvalue weighted by molar-refractivity contribution is 7.92. The highest BCUT2D eigenvalue weighted by Crippen LogP contribution is 2.35. The van der Waals surface area contributed by atoms with Crippen molar-refractivity contribution in [1.29, 1.82) is 0 Å². The van der Waals surface area contributed by atoms with Crippen molar-refractivity contribution in [3.05, 3.63) is 53.6 Å². The Morgan fingerprint density at radius 3 is 2.74 bits per heavy atom. The number of sulfonamides is 1. The third-order valence-electron chi connectivity index (χ3n) is 4.89. The van der Waals surface area contributed by atoms with Crippen molar-refractivity contribution in [1.82, 2.24) is 5.32 Å². The predicted molar refractivity (Wildman–Crippen MR) is 121 cm³/mol. The van der Waals surface area contributed by atoms with Crippen molar-refractivity contribution in [2.75, 3.05) is 23.7 Å². The summed E-state index contributed by atoms with van der Waals surface area (Å²) in [7, 11) is -3.54. The van der Waals surface area contributed by atoms with Crippen molar-refractivity contribution in [2.45, 2.75) is 45.8 Å². The van der Waals surface area contributed by atoms with E-state index in [9.17, 15) is 13.2 Å². The monoisotopic (exact) mass is 446 g/mol. The molecule has 0 aromatic heterocycles. The van der Waals surface area contributed by atoms with Crippen LogP contribution < -0.4 is 19.1 Å². The van der Waals surface area contributed by atoms with Gasteiger partial charge in [0.15, 0.2) is 6.10 Å². The highest BCUT2D eigenvalue weighted by atomic mass is 32.2. The molecular weight excluding hydrogens is 416 g/mol. The van der Waals surface area contributed by atoms with E-state index in [1.54, 1.807) is 12.1 Å². The Hall–Kier alpha value is -2.74. The number of amides is 1. The molecule has 0 radical (unpaired) electrons. The standard InChI is InChI=1S/C23H30N2O5S/c1-16(2)29-19-9-5-7-18(14-19)8-6-12-24-23(26)22-15-25(31(4,27)28)20-13-17(3)10-11-21(20)30-22/h5,7,9-11,13-14,16,22H,6,8,12,15H2,1-4H3,(H,24,26)/t22-/m0/s1. The number of rotatable bonds is 8. The van der Waals surface area contributed by atoms with E-state index in [1.165, 1.54) is 4.31 Å². The summed E-state index contributed by atoms with van der Waals surface area (Å²) in [5, 5.41) is 2.87. The number of benzene rings is 2. The molecule has 0 aliphatic carbocycles. The molecule has 2 aromatic rings. The zero-order chi connectivity index (χ0) is 22.6. The second-order valence-corrected chi connectivity index (χ2v) is 9.99. The first-order chi connectivity index (χ1) is 14.6. The summed E-state index contributed by atoms with van der Waals surface area (Å²) >= 11 is 0. The van der Waals surface area contributed by atoms with Crippen LogP contribution in [0.25, 0.3) is 0 Å². The fourth-order valence-electron chi connectivity index (χ4n) is 3.48. The first-order valence-corrected chi connectivity index (χ1v) is 12.3. The second-order valence-electron chi connectivity index (χ2n) is 8.08. The Bertz CT molecular complexity index is 1040. The minimum atomic E-state index is -3.54. The first kappa shape index (κ1) is 22.9. The quantitative estimate of drug-likeness (QED) is 0.630. The van der Waals surface area contributed by atoms with E-state index < -0.39 is 16.1 Å². The summed E-state index contributed by atoms with van der Waals surface area (Å²) < 4.78 is 37.3. The Morgan fingerprint density at radius 1 is 1.26 bits per heavy atom. The Morgan fingerprint density at radius 2 is 2.03 bits per heavy atom. The molecule has 0 spiro atoms. The van der Waals surface area contributed by atoms with Crippen molar-refractivity contribution >= 4 is 21.6 Å². The molecule has 1 amide bonds. The van der Waals surface area contributed by atoms with Crippen LogP contribution in [0.1, 0.15) is 31.4 Å². The Balaban J connectivity index is 1.57. The lowest BCUT2D eigenvalue weighted by Gasteiger charge is -2.34. The molecule has 2 aromatic carbocycles. The van der Waals surface area contributed by atoms with Gasteiger partial charge in [-0.15, -0.1) is 0 Å². The van der Waals surface area contributed by atoms with Crippen LogP contribution >= 0.6 is 0 Å². The molecule has 0 saturated heterocycles. The molecule has 8 heteroatoms. The molecular formula is C23H30N2O5S. The average Bonchev–Trinajstić information content (AvgIpc) is 2.69. The van der Waals surface area contributed by atoms with Gasteiger partial charge in [0, 0.05) is 6.54 Å². The lowest BCUT2D eigenvalue weighted by molar-refractivity contribution is -0.127. The van der Waals surface area contributed by atoms with Gasteiger partial charge in [0.25, 0.3) is 5.91 Å². The minimum absolute atomic E-state index is 0.0459. The van der Waals surface area contributed by atoms with Gasteiger partial charge in [-0.3, -0.25) is 9.10 Å². The van der Waals surface area contributed by atoms with Crippen molar-refractivity contribution in [2.24, 2.45) is 0 Å². The molecule has 3 rings (SSSR count). The topological polar surface area (TPSA) is 84.9 Å². The molecule has 31 heavy (non-hydrogen) atoms. The van der Waals surface area contributed by atoms with Crippen LogP contribution in [0.15, 0.2) is 42.5 Å². The van der Waals surface area contributed by atoms with Crippen LogP contribution in [0.2, 0.25) is 0 Å². The van der Waals surface area contributed by atoms with Crippen molar-refractivity contribution < 1.29 is 22.7 Å². The summed E-state index contributed by atoms with van der Waals surface area (Å²) in [5.74, 6) is 0.906. The van der Waals surface area contributed by atoms with Crippen LogP contribution in [0.5, 0.6) is 11.5 Å². The van der Waals surface area contributed by atoms with Gasteiger partial charge in [0.1, 0.15) is 11.5 Å². The summed E-state index contributed by atoms with van der Waals surface area (Å²) in [4.78, 5) is 12.7. The number of fused-ring (bicyclic) bond motifs is 1. The van der Waals surface area contributed by atoms with E-state index in [0.29, 0.717) is 18.0 Å². The smallest absolute Gasteiger partial charge is 0.263 e. The number of anilines is 1. The largest absolute Gasteiger partial charge is 0.491 e. The maximum absolute atomic E-state index is 12.7. The van der Waals surface area contributed by atoms with E-state index in [0.717, 1.165) is 36.0 Å². The van der Waals surface area contributed by atoms with Gasteiger partial charge in [-0.1, -0.05) is 18.2 Å². The summed E-state index contributed by atoms with van der Waals surface area (Å²) in [6.07, 6.45) is 1.89. The zero-order valence-corrected chi connectivity index (χ0v) is 19.2. The van der Waals surface area contributed by atoms with E-state index >= 15 is 0 Å². The number of hydrogen-bond donors (Lipinski definition) is 1. The van der Waals surface area contributed by atoms with Gasteiger partial charge in [-0.2, -0.15) is 0 Å². The van der Waals surface area contributed by atoms with Gasteiger partial charge in [-0.25, -0.2) is 8.42 Å². The molecule has 0 fully saturated rings. The van der Waals surface area contributed by atoms with Crippen LogP contribution in [-0.4, -0.2) is 45.9 Å². The lowest BCUT2D eigenvalue weighted by Crippen LogP contribution is -2.50. The van der Waals surface area contributed by atoms with Gasteiger partial charge >= 0.3 is 0 Å². The van der Waals surface area contributed by atoms with Gasteiger partial charge in [-0.05, 0) is 69.0 Å². The van der Waals surface area contributed by atoms with Crippen LogP contribution in [0.4, 0.5) is 5.69 Å². The highest BCUT2D eigenvalue weighted by Gasteiger charge is 2.34. The van der Waals surface area contributed by atoms with Crippen LogP contribution in [-0.2, 0) is 21.2 Å². The molecule has 1 aliphatic rings. The Kier molecular flexibility index (Phi) is 7.10. The fourth-order valence-corrected chi connectivity index (χ4v) is 4.38. The number of carbonyl (C=O) groups is 1. The predicted octanol–water partition coefficient (Wildman–Crippen LogP) is 3.06. The van der Waals surface area contributed by atoms with Gasteiger partial charge in [0.2, 0.25) is 10.0 Å². The summed E-state index contributed by atoms with van der Waals surface area (Å²) in [6, 6.07) is 13.2. The fraction of sp³-hybridized carbons (Fsp3) is 0.435. The first-order valence-electron chi connectivity index (χ1n) is 10.4. The maximum Gasteiger partial charge on any atom is 0.263 e. The number of aryl methyl sites for hydroxylation is 2. The average molecular weight is 447 g/mol. The zero-order valence-electron chi connectivity index (χ0n) is 18.4. The minimum Gasteiger partial charge on any atom is -0.491 e. The van der Waals surface area contributed by atoms with Gasteiger partial charge < -0.3 is 14.8 Å². The van der Waals surface area contributed by atoms with Gasteiger partial charge in [0.05, 0.1) is 24.6 Å². The third kappa shape index (κ3) is 6.13. The lowest BCUT2D eigenvalue weighted by atomic mass is 10.1. The third-order valence-corrected chi connectivity index (χ3v) is 6.03. The van der Waals surface area contributed by atoms with Crippen molar-refractivity contribution in [3.63, 3.8) is 0 Å². The van der Waals surface area contributed by atoms with E-state index in [4.69, 9.17) is 9.47 Å². The number of nitrogens with one attached hydrogen (secondary N) is 1. The second kappa shape index (κ2) is 9.60. The van der Waals surface area contributed by atoms with E-state index in [1.807, 2.05) is 51.1 Å². The molecule has 7 nitrogen and oxygen atoms in total. The SMILES string of the molecule is Cc1ccc2c(c1)N(S(C)(=O)=O)C[C@@H](C(=O)NCCCc1cccc(OC(C)C)c1)O2. The van der Waals surface area contributed by atoms with Crippen LogP contribution in [0, 0.1) is 6.92 Å². The number of nitrogens with zero attached hydrogens (tertiary/aromatic N) is 1.